The van der Waals surface area contributed by atoms with E-state index in [0.29, 0.717) is 18.0 Å². The molecule has 0 aliphatic rings. The second kappa shape index (κ2) is 9.02. The summed E-state index contributed by atoms with van der Waals surface area (Å²) >= 11 is 1.17. The van der Waals surface area contributed by atoms with Crippen molar-refractivity contribution in [2.24, 2.45) is 0 Å². The molecule has 0 bridgehead atoms. The predicted octanol–water partition coefficient (Wildman–Crippen LogP) is 1.68. The van der Waals surface area contributed by atoms with E-state index in [9.17, 15) is 13.2 Å². The second-order valence-electron chi connectivity index (χ2n) is 5.68. The van der Waals surface area contributed by atoms with Crippen LogP contribution in [0, 0.1) is 0 Å². The number of ether oxygens (including phenoxy) is 1. The highest BCUT2D eigenvalue weighted by atomic mass is 32.2. The molecule has 0 radical (unpaired) electrons. The molecule has 2 rings (SSSR count). The summed E-state index contributed by atoms with van der Waals surface area (Å²) < 4.78 is 31.9. The van der Waals surface area contributed by atoms with Crippen LogP contribution in [0.5, 0.6) is 5.75 Å². The fourth-order valence-corrected chi connectivity index (χ4v) is 4.36. The fraction of sp³-hybridized carbons (Fsp3) is 0.353. The Bertz CT molecular complexity index is 805. The van der Waals surface area contributed by atoms with Gasteiger partial charge >= 0.3 is 0 Å². The van der Waals surface area contributed by atoms with E-state index in [1.165, 1.54) is 22.7 Å². The van der Waals surface area contributed by atoms with E-state index in [4.69, 9.17) is 4.74 Å². The van der Waals surface area contributed by atoms with Gasteiger partial charge in [-0.15, -0.1) is 11.3 Å². The lowest BCUT2D eigenvalue weighted by Gasteiger charge is -2.18. The molecule has 1 aromatic carbocycles. The van der Waals surface area contributed by atoms with Gasteiger partial charge in [0.05, 0.1) is 5.69 Å². The van der Waals surface area contributed by atoms with Gasteiger partial charge in [-0.05, 0) is 49.7 Å². The molecule has 0 saturated carbocycles. The van der Waals surface area contributed by atoms with Gasteiger partial charge in [0.15, 0.2) is 6.61 Å². The number of hydrogen-bond donors (Lipinski definition) is 2. The Labute approximate surface area is 158 Å². The van der Waals surface area contributed by atoms with Crippen LogP contribution < -0.4 is 19.7 Å². The van der Waals surface area contributed by atoms with Crippen molar-refractivity contribution in [2.75, 3.05) is 31.6 Å². The minimum absolute atomic E-state index is 0.0981. The summed E-state index contributed by atoms with van der Waals surface area (Å²) in [6, 6.07) is 10.0. The fourth-order valence-electron chi connectivity index (χ4n) is 2.01. The zero-order valence-electron chi connectivity index (χ0n) is 14.9. The number of likely N-dealkylation sites (N-methyl/N-ethyl adjacent to an activating group) is 1. The Hall–Kier alpha value is -2.10. The molecule has 1 heterocycles. The maximum atomic E-state index is 12.5. The minimum atomic E-state index is -3.56. The summed E-state index contributed by atoms with van der Waals surface area (Å²) in [5.74, 6) is 0.279. The molecule has 0 aliphatic carbocycles. The van der Waals surface area contributed by atoms with Gasteiger partial charge in [-0.25, -0.2) is 8.42 Å². The number of rotatable bonds is 9. The number of carbonyl (C=O) groups excluding carboxylic acids is 1. The number of nitrogens with zero attached hydrogens (tertiary/aromatic N) is 1. The van der Waals surface area contributed by atoms with E-state index in [1.807, 2.05) is 14.0 Å². The molecule has 2 N–H and O–H groups in total. The van der Waals surface area contributed by atoms with Crippen molar-refractivity contribution < 1.29 is 17.9 Å². The summed E-state index contributed by atoms with van der Waals surface area (Å²) in [7, 11) is -0.239. The number of benzene rings is 1. The van der Waals surface area contributed by atoms with E-state index in [2.05, 4.69) is 10.6 Å². The highest BCUT2D eigenvalue weighted by Gasteiger charge is 2.22. The standard InChI is InChI=1S/C17H23N3O4S2/c1-13(18-2)11-19-16(21)12-24-15-8-6-14(7-9-15)20(3)26(22,23)17-5-4-10-25-17/h4-10,13,18H,11-12H2,1-3H3,(H,19,21). The summed E-state index contributed by atoms with van der Waals surface area (Å²) in [5.41, 5.74) is 0.512. The summed E-state index contributed by atoms with van der Waals surface area (Å²) in [4.78, 5) is 11.7. The van der Waals surface area contributed by atoms with Crippen LogP contribution in [0.15, 0.2) is 46.0 Å². The van der Waals surface area contributed by atoms with Crippen molar-refractivity contribution in [3.8, 4) is 5.75 Å². The molecule has 1 aromatic heterocycles. The maximum Gasteiger partial charge on any atom is 0.273 e. The average molecular weight is 398 g/mol. The lowest BCUT2D eigenvalue weighted by Crippen LogP contribution is -2.39. The van der Waals surface area contributed by atoms with Crippen molar-refractivity contribution in [2.45, 2.75) is 17.2 Å². The Balaban J connectivity index is 1.93. The molecule has 1 atom stereocenters. The molecule has 1 amide bonds. The highest BCUT2D eigenvalue weighted by Crippen LogP contribution is 2.26. The maximum absolute atomic E-state index is 12.5. The first-order valence-electron chi connectivity index (χ1n) is 8.04. The molecule has 0 fully saturated rings. The molecular formula is C17H23N3O4S2. The van der Waals surface area contributed by atoms with Gasteiger partial charge < -0.3 is 15.4 Å². The van der Waals surface area contributed by atoms with E-state index in [0.717, 1.165) is 0 Å². The molecule has 26 heavy (non-hydrogen) atoms. The zero-order valence-corrected chi connectivity index (χ0v) is 16.6. The van der Waals surface area contributed by atoms with Crippen molar-refractivity contribution in [3.63, 3.8) is 0 Å². The van der Waals surface area contributed by atoms with Crippen LogP contribution >= 0.6 is 11.3 Å². The van der Waals surface area contributed by atoms with E-state index in [-0.39, 0.29) is 22.8 Å². The van der Waals surface area contributed by atoms with Crippen molar-refractivity contribution in [3.05, 3.63) is 41.8 Å². The van der Waals surface area contributed by atoms with Crippen LogP contribution in [-0.2, 0) is 14.8 Å². The number of sulfonamides is 1. The molecule has 142 valence electrons. The largest absolute Gasteiger partial charge is 0.484 e. The van der Waals surface area contributed by atoms with Crippen LogP contribution in [0.2, 0.25) is 0 Å². The number of anilines is 1. The Morgan fingerprint density at radius 3 is 2.54 bits per heavy atom. The first kappa shape index (κ1) is 20.2. The Morgan fingerprint density at radius 1 is 1.27 bits per heavy atom. The Kier molecular flexibility index (Phi) is 7.01. The number of nitrogens with one attached hydrogen (secondary N) is 2. The first-order chi connectivity index (χ1) is 12.3. The van der Waals surface area contributed by atoms with Gasteiger partial charge in [-0.3, -0.25) is 9.10 Å². The van der Waals surface area contributed by atoms with E-state index < -0.39 is 10.0 Å². The molecule has 0 spiro atoms. The van der Waals surface area contributed by atoms with Gasteiger partial charge in [-0.1, -0.05) is 6.07 Å². The van der Waals surface area contributed by atoms with Crippen LogP contribution in [-0.4, -0.2) is 47.6 Å². The summed E-state index contributed by atoms with van der Waals surface area (Å²) in [5, 5.41) is 7.50. The third-order valence-electron chi connectivity index (χ3n) is 3.78. The topological polar surface area (TPSA) is 87.7 Å². The van der Waals surface area contributed by atoms with E-state index >= 15 is 0 Å². The minimum Gasteiger partial charge on any atom is -0.484 e. The number of hydrogen-bond acceptors (Lipinski definition) is 6. The SMILES string of the molecule is CNC(C)CNC(=O)COc1ccc(N(C)S(=O)(=O)c2cccs2)cc1. The van der Waals surface area contributed by atoms with Gasteiger partial charge in [0.25, 0.3) is 15.9 Å². The van der Waals surface area contributed by atoms with Gasteiger partial charge in [0.2, 0.25) is 0 Å². The number of carbonyl (C=O) groups is 1. The van der Waals surface area contributed by atoms with Crippen molar-refractivity contribution >= 4 is 33.0 Å². The average Bonchev–Trinajstić information content (AvgIpc) is 3.19. The first-order valence-corrected chi connectivity index (χ1v) is 10.4. The Morgan fingerprint density at radius 2 is 1.96 bits per heavy atom. The molecular weight excluding hydrogens is 374 g/mol. The monoisotopic (exact) mass is 397 g/mol. The lowest BCUT2D eigenvalue weighted by molar-refractivity contribution is -0.123. The second-order valence-corrected chi connectivity index (χ2v) is 8.82. The number of thiophene rings is 1. The van der Waals surface area contributed by atoms with Gasteiger partial charge in [-0.2, -0.15) is 0 Å². The van der Waals surface area contributed by atoms with E-state index in [1.54, 1.807) is 41.8 Å². The predicted molar refractivity (Wildman–Crippen MR) is 103 cm³/mol. The molecule has 0 saturated heterocycles. The molecule has 2 aromatic rings. The zero-order chi connectivity index (χ0) is 19.2. The smallest absolute Gasteiger partial charge is 0.273 e. The summed E-state index contributed by atoms with van der Waals surface area (Å²) in [6.45, 7) is 2.38. The number of amides is 1. The van der Waals surface area contributed by atoms with Gasteiger partial charge in [0.1, 0.15) is 9.96 Å². The normalized spacial score (nSPS) is 12.4. The summed E-state index contributed by atoms with van der Waals surface area (Å²) in [6.07, 6.45) is 0. The van der Waals surface area contributed by atoms with Crippen LogP contribution in [0.1, 0.15) is 6.92 Å². The third kappa shape index (κ3) is 5.20. The van der Waals surface area contributed by atoms with Crippen LogP contribution in [0.3, 0.4) is 0 Å². The molecule has 0 aliphatic heterocycles. The van der Waals surface area contributed by atoms with Crippen LogP contribution in [0.4, 0.5) is 5.69 Å². The van der Waals surface area contributed by atoms with Crippen molar-refractivity contribution in [1.29, 1.82) is 0 Å². The molecule has 1 unspecified atom stereocenters. The lowest BCUT2D eigenvalue weighted by atomic mass is 10.3. The highest BCUT2D eigenvalue weighted by molar-refractivity contribution is 7.94. The quantitative estimate of drug-likeness (QED) is 0.672. The van der Waals surface area contributed by atoms with Crippen molar-refractivity contribution in [1.82, 2.24) is 10.6 Å². The molecule has 7 nitrogen and oxygen atoms in total. The van der Waals surface area contributed by atoms with Crippen LogP contribution in [0.25, 0.3) is 0 Å². The van der Waals surface area contributed by atoms with Gasteiger partial charge in [0, 0.05) is 19.6 Å². The third-order valence-corrected chi connectivity index (χ3v) is 6.94. The molecule has 9 heteroatoms.